The van der Waals surface area contributed by atoms with E-state index in [2.05, 4.69) is 6.92 Å². The third kappa shape index (κ3) is 3.97. The number of carbonyl (C=O) groups excluding carboxylic acids is 1. The lowest BCUT2D eigenvalue weighted by Gasteiger charge is -2.16. The summed E-state index contributed by atoms with van der Waals surface area (Å²) in [5, 5.41) is 9.97. The molecule has 0 aromatic heterocycles. The van der Waals surface area contributed by atoms with Crippen molar-refractivity contribution in [1.82, 2.24) is 4.90 Å². The molecule has 1 heterocycles. The number of hydrogen-bond donors (Lipinski definition) is 1. The highest BCUT2D eigenvalue weighted by atomic mass is 16.6. The van der Waals surface area contributed by atoms with Gasteiger partial charge < -0.3 is 14.7 Å². The molecule has 2 atom stereocenters. The third-order valence-corrected chi connectivity index (χ3v) is 3.80. The Morgan fingerprint density at radius 1 is 1.35 bits per heavy atom. The van der Waals surface area contributed by atoms with E-state index in [0.29, 0.717) is 13.1 Å². The van der Waals surface area contributed by atoms with Crippen LogP contribution in [0.2, 0.25) is 0 Å². The van der Waals surface area contributed by atoms with Crippen LogP contribution < -0.4 is 0 Å². The monoisotopic (exact) mass is 277 g/mol. The van der Waals surface area contributed by atoms with Crippen LogP contribution in [-0.2, 0) is 11.3 Å². The zero-order valence-electron chi connectivity index (χ0n) is 12.0. The standard InChI is InChI=1S/C16H23NO3/c1-2-3-9-14-10-17(11-15(14)18)16(19)20-12-13-7-5-4-6-8-13/h4-8,14-15,18H,2-3,9-12H2,1H3/t14-,15-/m1/s1. The van der Waals surface area contributed by atoms with Crippen molar-refractivity contribution in [2.24, 2.45) is 5.92 Å². The van der Waals surface area contributed by atoms with E-state index in [0.717, 1.165) is 24.8 Å². The van der Waals surface area contributed by atoms with Crippen molar-refractivity contribution in [3.8, 4) is 0 Å². The molecule has 2 rings (SSSR count). The fourth-order valence-corrected chi connectivity index (χ4v) is 2.56. The van der Waals surface area contributed by atoms with Crippen LogP contribution in [0.4, 0.5) is 4.79 Å². The van der Waals surface area contributed by atoms with Gasteiger partial charge in [-0.2, -0.15) is 0 Å². The Morgan fingerprint density at radius 3 is 2.80 bits per heavy atom. The first-order valence-electron chi connectivity index (χ1n) is 7.34. The van der Waals surface area contributed by atoms with Crippen LogP contribution in [0, 0.1) is 5.92 Å². The maximum absolute atomic E-state index is 12.0. The Bertz CT molecular complexity index is 421. The van der Waals surface area contributed by atoms with E-state index in [9.17, 15) is 9.90 Å². The first-order valence-corrected chi connectivity index (χ1v) is 7.34. The lowest BCUT2D eigenvalue weighted by molar-refractivity contribution is 0.0966. The average Bonchev–Trinajstić information content (AvgIpc) is 2.85. The summed E-state index contributed by atoms with van der Waals surface area (Å²) in [6.07, 6.45) is 2.44. The van der Waals surface area contributed by atoms with E-state index >= 15 is 0 Å². The van der Waals surface area contributed by atoms with Gasteiger partial charge in [-0.1, -0.05) is 50.1 Å². The normalized spacial score (nSPS) is 22.0. The number of hydrogen-bond acceptors (Lipinski definition) is 3. The van der Waals surface area contributed by atoms with Gasteiger partial charge in [-0.25, -0.2) is 4.79 Å². The second-order valence-corrected chi connectivity index (χ2v) is 5.41. The molecule has 1 aromatic carbocycles. The SMILES string of the molecule is CCCC[C@@H]1CN(C(=O)OCc2ccccc2)C[C@H]1O. The number of benzene rings is 1. The van der Waals surface area contributed by atoms with E-state index in [1.54, 1.807) is 4.90 Å². The van der Waals surface area contributed by atoms with Crippen molar-refractivity contribution in [2.45, 2.75) is 38.9 Å². The molecule has 110 valence electrons. The first-order chi connectivity index (χ1) is 9.70. The van der Waals surface area contributed by atoms with Gasteiger partial charge in [-0.3, -0.25) is 0 Å². The summed E-state index contributed by atoms with van der Waals surface area (Å²) in [5.41, 5.74) is 0.975. The molecule has 1 amide bonds. The molecule has 1 fully saturated rings. The van der Waals surface area contributed by atoms with Gasteiger partial charge in [0.2, 0.25) is 0 Å². The molecule has 4 nitrogen and oxygen atoms in total. The largest absolute Gasteiger partial charge is 0.445 e. The van der Waals surface area contributed by atoms with Crippen molar-refractivity contribution in [3.63, 3.8) is 0 Å². The van der Waals surface area contributed by atoms with Crippen LogP contribution in [0.25, 0.3) is 0 Å². The molecule has 1 aliphatic heterocycles. The van der Waals surface area contributed by atoms with Crippen LogP contribution in [0.3, 0.4) is 0 Å². The molecular weight excluding hydrogens is 254 g/mol. The molecule has 0 saturated carbocycles. The van der Waals surface area contributed by atoms with Gasteiger partial charge in [-0.15, -0.1) is 0 Å². The highest BCUT2D eigenvalue weighted by Gasteiger charge is 2.34. The van der Waals surface area contributed by atoms with Crippen LogP contribution in [0.1, 0.15) is 31.7 Å². The molecular formula is C16H23NO3. The Balaban J connectivity index is 1.79. The van der Waals surface area contributed by atoms with E-state index in [1.165, 1.54) is 0 Å². The van der Waals surface area contributed by atoms with Crippen LogP contribution in [0.15, 0.2) is 30.3 Å². The predicted octanol–water partition coefficient (Wildman–Crippen LogP) is 2.81. The van der Waals surface area contributed by atoms with Crippen LogP contribution in [-0.4, -0.2) is 35.3 Å². The van der Waals surface area contributed by atoms with E-state index in [4.69, 9.17) is 4.74 Å². The Morgan fingerprint density at radius 2 is 2.10 bits per heavy atom. The molecule has 1 aromatic rings. The number of amides is 1. The lowest BCUT2D eigenvalue weighted by atomic mass is 9.99. The summed E-state index contributed by atoms with van der Waals surface area (Å²) in [6.45, 7) is 3.41. The molecule has 0 unspecified atom stereocenters. The number of aliphatic hydroxyl groups excluding tert-OH is 1. The van der Waals surface area contributed by atoms with E-state index < -0.39 is 6.10 Å². The quantitative estimate of drug-likeness (QED) is 0.900. The van der Waals surface area contributed by atoms with Gasteiger partial charge >= 0.3 is 6.09 Å². The lowest BCUT2D eigenvalue weighted by Crippen LogP contribution is -2.30. The van der Waals surface area contributed by atoms with Gasteiger partial charge in [0, 0.05) is 12.5 Å². The van der Waals surface area contributed by atoms with Gasteiger partial charge in [0.15, 0.2) is 0 Å². The van der Waals surface area contributed by atoms with Gasteiger partial charge in [0.05, 0.1) is 12.6 Å². The Kier molecular flexibility index (Phi) is 5.41. The van der Waals surface area contributed by atoms with Gasteiger partial charge in [-0.05, 0) is 12.0 Å². The minimum atomic E-state index is -0.411. The highest BCUT2D eigenvalue weighted by Crippen LogP contribution is 2.23. The first kappa shape index (κ1) is 14.9. The van der Waals surface area contributed by atoms with Crippen LogP contribution in [0.5, 0.6) is 0 Å². The minimum absolute atomic E-state index is 0.194. The molecule has 20 heavy (non-hydrogen) atoms. The van der Waals surface area contributed by atoms with Gasteiger partial charge in [0.25, 0.3) is 0 Å². The zero-order valence-corrected chi connectivity index (χ0v) is 12.0. The average molecular weight is 277 g/mol. The molecule has 4 heteroatoms. The van der Waals surface area contributed by atoms with Crippen molar-refractivity contribution in [1.29, 1.82) is 0 Å². The maximum Gasteiger partial charge on any atom is 0.410 e. The fraction of sp³-hybridized carbons (Fsp3) is 0.562. The minimum Gasteiger partial charge on any atom is -0.445 e. The molecule has 0 bridgehead atoms. The highest BCUT2D eigenvalue weighted by molar-refractivity contribution is 5.68. The van der Waals surface area contributed by atoms with Crippen molar-refractivity contribution in [3.05, 3.63) is 35.9 Å². The number of unbranched alkanes of at least 4 members (excludes halogenated alkanes) is 1. The zero-order chi connectivity index (χ0) is 14.4. The molecule has 1 N–H and O–H groups in total. The molecule has 0 radical (unpaired) electrons. The second-order valence-electron chi connectivity index (χ2n) is 5.41. The molecule has 0 aliphatic carbocycles. The Hall–Kier alpha value is -1.55. The second kappa shape index (κ2) is 7.29. The number of aliphatic hydroxyl groups is 1. The number of ether oxygens (including phenoxy) is 1. The number of carbonyl (C=O) groups is 1. The van der Waals surface area contributed by atoms with Crippen LogP contribution >= 0.6 is 0 Å². The third-order valence-electron chi connectivity index (χ3n) is 3.80. The number of nitrogens with zero attached hydrogens (tertiary/aromatic N) is 1. The van der Waals surface area contributed by atoms with Gasteiger partial charge in [0.1, 0.15) is 6.61 Å². The maximum atomic E-state index is 12.0. The topological polar surface area (TPSA) is 49.8 Å². The van der Waals surface area contributed by atoms with Crippen molar-refractivity contribution < 1.29 is 14.6 Å². The summed E-state index contributed by atoms with van der Waals surface area (Å²) in [4.78, 5) is 13.6. The van der Waals surface area contributed by atoms with E-state index in [-0.39, 0.29) is 18.6 Å². The Labute approximate surface area is 120 Å². The summed E-state index contributed by atoms with van der Waals surface area (Å²) in [7, 11) is 0. The fourth-order valence-electron chi connectivity index (χ4n) is 2.56. The molecule has 1 aliphatic rings. The number of likely N-dealkylation sites (tertiary alicyclic amines) is 1. The summed E-state index contributed by atoms with van der Waals surface area (Å²) >= 11 is 0. The summed E-state index contributed by atoms with van der Waals surface area (Å²) in [5.74, 6) is 0.194. The molecule has 0 spiro atoms. The number of β-amino-alcohol motifs (C(OH)–C–C–N with tert-alkyl or cyclic N) is 1. The van der Waals surface area contributed by atoms with E-state index in [1.807, 2.05) is 30.3 Å². The summed E-state index contributed by atoms with van der Waals surface area (Å²) in [6, 6.07) is 9.62. The number of rotatable bonds is 5. The van der Waals surface area contributed by atoms with Crippen molar-refractivity contribution in [2.75, 3.05) is 13.1 Å². The predicted molar refractivity (Wildman–Crippen MR) is 77.2 cm³/mol. The van der Waals surface area contributed by atoms with Crippen molar-refractivity contribution >= 4 is 6.09 Å². The summed E-state index contributed by atoms with van der Waals surface area (Å²) < 4.78 is 5.29. The molecule has 1 saturated heterocycles. The smallest absolute Gasteiger partial charge is 0.410 e.